The number of nitrogens with one attached hydrogen (secondary N) is 2. The number of carbonyl (C=O) groups is 1. The first-order valence-electron chi connectivity index (χ1n) is 8.76. The summed E-state index contributed by atoms with van der Waals surface area (Å²) in [5, 5.41) is 6.73. The Bertz CT molecular complexity index is 586. The number of amides is 1. The van der Waals surface area contributed by atoms with Crippen molar-refractivity contribution < 1.29 is 4.79 Å². The van der Waals surface area contributed by atoms with Crippen molar-refractivity contribution in [3.63, 3.8) is 0 Å². The molecule has 0 radical (unpaired) electrons. The Morgan fingerprint density at radius 3 is 2.83 bits per heavy atom. The van der Waals surface area contributed by atoms with Crippen molar-refractivity contribution in [3.8, 4) is 0 Å². The summed E-state index contributed by atoms with van der Waals surface area (Å²) in [5.74, 6) is 2.37. The second-order valence-corrected chi connectivity index (χ2v) is 7.05. The van der Waals surface area contributed by atoms with E-state index in [9.17, 15) is 4.79 Å². The topological polar surface area (TPSA) is 69.6 Å². The molecule has 3 unspecified atom stereocenters. The Kier molecular flexibility index (Phi) is 5.33. The highest BCUT2D eigenvalue weighted by atomic mass is 16.2. The largest absolute Gasteiger partial charge is 0.353 e. The molecule has 1 aromatic rings. The van der Waals surface area contributed by atoms with Crippen LogP contribution in [0.3, 0.4) is 0 Å². The molecule has 6 nitrogen and oxygen atoms in total. The van der Waals surface area contributed by atoms with E-state index in [2.05, 4.69) is 20.6 Å². The monoisotopic (exact) mass is 329 g/mol. The van der Waals surface area contributed by atoms with Gasteiger partial charge in [-0.1, -0.05) is 12.5 Å². The number of guanidine groups is 1. The van der Waals surface area contributed by atoms with Crippen LogP contribution >= 0.6 is 0 Å². The zero-order chi connectivity index (χ0) is 16.9. The number of hydrogen-bond acceptors (Lipinski definition) is 3. The average Bonchev–Trinajstić information content (AvgIpc) is 3.20. The van der Waals surface area contributed by atoms with Crippen molar-refractivity contribution in [2.24, 2.45) is 16.8 Å². The van der Waals surface area contributed by atoms with E-state index >= 15 is 0 Å². The molecule has 2 aliphatic carbocycles. The molecule has 2 bridgehead atoms. The summed E-state index contributed by atoms with van der Waals surface area (Å²) in [5.41, 5.74) is 0.922. The fourth-order valence-electron chi connectivity index (χ4n) is 3.72. The van der Waals surface area contributed by atoms with Crippen molar-refractivity contribution in [2.75, 3.05) is 20.6 Å². The molecule has 3 atom stereocenters. The molecule has 1 heterocycles. The van der Waals surface area contributed by atoms with Crippen LogP contribution < -0.4 is 10.6 Å². The van der Waals surface area contributed by atoms with Gasteiger partial charge in [-0.2, -0.15) is 0 Å². The quantitative estimate of drug-likeness (QED) is 0.633. The number of rotatable bonds is 5. The Morgan fingerprint density at radius 2 is 2.21 bits per heavy atom. The molecule has 2 fully saturated rings. The van der Waals surface area contributed by atoms with Crippen LogP contribution in [0.1, 0.15) is 31.4 Å². The van der Waals surface area contributed by atoms with Crippen molar-refractivity contribution >= 4 is 11.9 Å². The van der Waals surface area contributed by atoms with Gasteiger partial charge in [0, 0.05) is 26.3 Å². The zero-order valence-corrected chi connectivity index (χ0v) is 14.5. The van der Waals surface area contributed by atoms with Crippen molar-refractivity contribution in [2.45, 2.75) is 38.3 Å². The van der Waals surface area contributed by atoms with Crippen LogP contribution in [0.15, 0.2) is 29.4 Å². The molecule has 24 heavy (non-hydrogen) atoms. The Balaban J connectivity index is 1.62. The molecular weight excluding hydrogens is 302 g/mol. The number of aliphatic imine (C=N–C) groups is 1. The molecule has 0 saturated heterocycles. The Labute approximate surface area is 143 Å². The van der Waals surface area contributed by atoms with Crippen molar-refractivity contribution in [3.05, 3.63) is 30.1 Å². The van der Waals surface area contributed by atoms with Crippen molar-refractivity contribution in [1.29, 1.82) is 0 Å². The first kappa shape index (κ1) is 16.7. The number of carbonyl (C=O) groups excluding carboxylic acids is 1. The lowest BCUT2D eigenvalue weighted by Crippen LogP contribution is -2.48. The standard InChI is InChI=1S/C18H27N5O/c1-23(2)17(24)12-21-18(20-11-15-5-3-4-8-19-15)22-16-10-13-6-7-14(16)9-13/h3-5,8,13-14,16H,6-7,9-12H2,1-2H3,(H2,20,21,22). The number of fused-ring (bicyclic) bond motifs is 2. The van der Waals surface area contributed by atoms with E-state index in [1.54, 1.807) is 25.2 Å². The summed E-state index contributed by atoms with van der Waals surface area (Å²) in [6.45, 7) is 0.759. The van der Waals surface area contributed by atoms with Gasteiger partial charge in [-0.05, 0) is 43.2 Å². The van der Waals surface area contributed by atoms with E-state index in [-0.39, 0.29) is 12.5 Å². The third kappa shape index (κ3) is 4.24. The molecule has 2 N–H and O–H groups in total. The summed E-state index contributed by atoms with van der Waals surface area (Å²) < 4.78 is 0. The van der Waals surface area contributed by atoms with Gasteiger partial charge in [0.1, 0.15) is 0 Å². The maximum absolute atomic E-state index is 11.9. The first-order chi connectivity index (χ1) is 11.6. The van der Waals surface area contributed by atoms with Gasteiger partial charge in [-0.3, -0.25) is 9.78 Å². The predicted molar refractivity (Wildman–Crippen MR) is 94.4 cm³/mol. The lowest BCUT2D eigenvalue weighted by Gasteiger charge is -2.25. The summed E-state index contributed by atoms with van der Waals surface area (Å²) in [7, 11) is 3.52. The molecule has 130 valence electrons. The minimum Gasteiger partial charge on any atom is -0.353 e. The van der Waals surface area contributed by atoms with Crippen LogP contribution in [0.5, 0.6) is 0 Å². The van der Waals surface area contributed by atoms with Gasteiger partial charge in [0.05, 0.1) is 18.8 Å². The van der Waals surface area contributed by atoms with Gasteiger partial charge in [0.25, 0.3) is 0 Å². The lowest BCUT2D eigenvalue weighted by atomic mass is 9.95. The Morgan fingerprint density at radius 1 is 1.33 bits per heavy atom. The molecule has 2 aliphatic rings. The van der Waals surface area contributed by atoms with E-state index < -0.39 is 0 Å². The molecular formula is C18H27N5O. The second kappa shape index (κ2) is 7.64. The fraction of sp³-hybridized carbons (Fsp3) is 0.611. The summed E-state index contributed by atoms with van der Waals surface area (Å²) in [4.78, 5) is 22.4. The second-order valence-electron chi connectivity index (χ2n) is 7.05. The van der Waals surface area contributed by atoms with Gasteiger partial charge in [0.15, 0.2) is 5.96 Å². The SMILES string of the molecule is CN(C)C(=O)CNC(=NCc1ccccn1)NC1CC2CCC1C2. The maximum atomic E-state index is 11.9. The van der Waals surface area contributed by atoms with Gasteiger partial charge in [-0.15, -0.1) is 0 Å². The summed E-state index contributed by atoms with van der Waals surface area (Å²) in [6.07, 6.45) is 7.01. The van der Waals surface area contributed by atoms with E-state index in [0.717, 1.165) is 17.5 Å². The molecule has 1 aromatic heterocycles. The molecule has 3 rings (SSSR count). The maximum Gasteiger partial charge on any atom is 0.241 e. The van der Waals surface area contributed by atoms with Crippen LogP contribution in [0.4, 0.5) is 0 Å². The average molecular weight is 329 g/mol. The zero-order valence-electron chi connectivity index (χ0n) is 14.5. The van der Waals surface area contributed by atoms with Crippen LogP contribution in [0, 0.1) is 11.8 Å². The number of aromatic nitrogens is 1. The highest BCUT2D eigenvalue weighted by molar-refractivity contribution is 5.86. The number of pyridine rings is 1. The molecule has 0 aliphatic heterocycles. The van der Waals surface area contributed by atoms with E-state index in [0.29, 0.717) is 18.5 Å². The third-order valence-electron chi connectivity index (χ3n) is 5.09. The lowest BCUT2D eigenvalue weighted by molar-refractivity contribution is -0.127. The number of hydrogen-bond donors (Lipinski definition) is 2. The molecule has 0 aromatic carbocycles. The Hall–Kier alpha value is -2.11. The molecule has 2 saturated carbocycles. The normalized spacial score (nSPS) is 25.6. The van der Waals surface area contributed by atoms with Gasteiger partial charge in [0.2, 0.25) is 5.91 Å². The van der Waals surface area contributed by atoms with Crippen LogP contribution in [-0.2, 0) is 11.3 Å². The van der Waals surface area contributed by atoms with Crippen LogP contribution in [0.25, 0.3) is 0 Å². The highest BCUT2D eigenvalue weighted by Crippen LogP contribution is 2.44. The molecule has 0 spiro atoms. The van der Waals surface area contributed by atoms with E-state index in [4.69, 9.17) is 0 Å². The van der Waals surface area contributed by atoms with Crippen LogP contribution in [0.2, 0.25) is 0 Å². The highest BCUT2D eigenvalue weighted by Gasteiger charge is 2.39. The molecule has 1 amide bonds. The van der Waals surface area contributed by atoms with E-state index in [1.165, 1.54) is 25.7 Å². The van der Waals surface area contributed by atoms with Crippen molar-refractivity contribution in [1.82, 2.24) is 20.5 Å². The first-order valence-corrected chi connectivity index (χ1v) is 8.76. The van der Waals surface area contributed by atoms with Gasteiger partial charge < -0.3 is 15.5 Å². The number of nitrogens with zero attached hydrogens (tertiary/aromatic N) is 3. The minimum atomic E-state index is 0.0373. The van der Waals surface area contributed by atoms with Gasteiger partial charge in [-0.25, -0.2) is 4.99 Å². The number of likely N-dealkylation sites (N-methyl/N-ethyl adjacent to an activating group) is 1. The summed E-state index contributed by atoms with van der Waals surface area (Å²) >= 11 is 0. The fourth-order valence-corrected chi connectivity index (χ4v) is 3.72. The van der Waals surface area contributed by atoms with Crippen LogP contribution in [-0.4, -0.2) is 48.4 Å². The smallest absolute Gasteiger partial charge is 0.241 e. The van der Waals surface area contributed by atoms with E-state index in [1.807, 2.05) is 18.2 Å². The third-order valence-corrected chi connectivity index (χ3v) is 5.09. The predicted octanol–water partition coefficient (Wildman–Crippen LogP) is 1.39. The summed E-state index contributed by atoms with van der Waals surface area (Å²) in [6, 6.07) is 6.30. The minimum absolute atomic E-state index is 0.0373. The molecule has 6 heteroatoms. The van der Waals surface area contributed by atoms with Gasteiger partial charge >= 0.3 is 0 Å².